The van der Waals surface area contributed by atoms with Crippen molar-refractivity contribution in [3.05, 3.63) is 23.2 Å². The van der Waals surface area contributed by atoms with Gasteiger partial charge in [-0.25, -0.2) is 0 Å². The van der Waals surface area contributed by atoms with Crippen LogP contribution in [0.25, 0.3) is 0 Å². The Labute approximate surface area is 85.9 Å². The lowest BCUT2D eigenvalue weighted by Gasteiger charge is -2.05. The van der Waals surface area contributed by atoms with E-state index in [2.05, 4.69) is 6.92 Å². The SMILES string of the molecule is CCC[C@H](N)c1cc(C)c(C)o1.Cl. The van der Waals surface area contributed by atoms with E-state index in [1.165, 1.54) is 5.56 Å². The van der Waals surface area contributed by atoms with Gasteiger partial charge in [-0.1, -0.05) is 13.3 Å². The molecule has 0 aromatic carbocycles. The molecule has 0 spiro atoms. The fraction of sp³-hybridized carbons (Fsp3) is 0.600. The van der Waals surface area contributed by atoms with E-state index in [9.17, 15) is 0 Å². The van der Waals surface area contributed by atoms with Gasteiger partial charge in [-0.3, -0.25) is 0 Å². The van der Waals surface area contributed by atoms with Crippen LogP contribution in [0.2, 0.25) is 0 Å². The molecule has 0 aliphatic rings. The number of hydrogen-bond donors (Lipinski definition) is 1. The molecule has 1 aromatic rings. The molecule has 0 radical (unpaired) electrons. The van der Waals surface area contributed by atoms with Crippen LogP contribution in [0, 0.1) is 13.8 Å². The molecule has 0 fully saturated rings. The number of furan rings is 1. The minimum absolute atomic E-state index is 0. The highest BCUT2D eigenvalue weighted by atomic mass is 35.5. The van der Waals surface area contributed by atoms with Gasteiger partial charge in [0.25, 0.3) is 0 Å². The van der Waals surface area contributed by atoms with Gasteiger partial charge in [-0.05, 0) is 31.9 Å². The molecular formula is C10H18ClNO. The van der Waals surface area contributed by atoms with Gasteiger partial charge in [0.05, 0.1) is 6.04 Å². The minimum Gasteiger partial charge on any atom is -0.464 e. The van der Waals surface area contributed by atoms with Crippen molar-refractivity contribution in [1.29, 1.82) is 0 Å². The standard InChI is InChI=1S/C10H17NO.ClH/c1-4-5-9(11)10-6-7(2)8(3)12-10;/h6,9H,4-5,11H2,1-3H3;1H/t9-;/m0./s1. The Morgan fingerprint density at radius 1 is 1.46 bits per heavy atom. The van der Waals surface area contributed by atoms with Crippen molar-refractivity contribution in [3.8, 4) is 0 Å². The highest BCUT2D eigenvalue weighted by molar-refractivity contribution is 5.85. The van der Waals surface area contributed by atoms with Crippen LogP contribution in [0.4, 0.5) is 0 Å². The zero-order chi connectivity index (χ0) is 9.14. The molecule has 1 rings (SSSR count). The largest absolute Gasteiger partial charge is 0.464 e. The summed E-state index contributed by atoms with van der Waals surface area (Å²) in [5.74, 6) is 1.91. The lowest BCUT2D eigenvalue weighted by molar-refractivity contribution is 0.432. The maximum atomic E-state index is 5.89. The summed E-state index contributed by atoms with van der Waals surface area (Å²) in [6.07, 6.45) is 2.09. The second-order valence-electron chi connectivity index (χ2n) is 3.28. The van der Waals surface area contributed by atoms with Crippen molar-refractivity contribution in [1.82, 2.24) is 0 Å². The van der Waals surface area contributed by atoms with E-state index < -0.39 is 0 Å². The molecular weight excluding hydrogens is 186 g/mol. The first-order valence-corrected chi connectivity index (χ1v) is 4.47. The fourth-order valence-corrected chi connectivity index (χ4v) is 1.24. The predicted octanol–water partition coefficient (Wildman–Crippen LogP) is 3.12. The van der Waals surface area contributed by atoms with E-state index in [1.807, 2.05) is 19.9 Å². The van der Waals surface area contributed by atoms with Crippen molar-refractivity contribution >= 4 is 12.4 Å². The summed E-state index contributed by atoms with van der Waals surface area (Å²) in [5.41, 5.74) is 7.09. The first-order chi connectivity index (χ1) is 5.65. The third kappa shape index (κ3) is 3.05. The zero-order valence-electron chi connectivity index (χ0n) is 8.46. The van der Waals surface area contributed by atoms with Crippen LogP contribution in [0.5, 0.6) is 0 Å². The third-order valence-corrected chi connectivity index (χ3v) is 2.15. The summed E-state index contributed by atoms with van der Waals surface area (Å²) >= 11 is 0. The number of rotatable bonds is 3. The molecule has 76 valence electrons. The third-order valence-electron chi connectivity index (χ3n) is 2.15. The van der Waals surface area contributed by atoms with Crippen LogP contribution in [0.3, 0.4) is 0 Å². The second-order valence-corrected chi connectivity index (χ2v) is 3.28. The normalized spacial score (nSPS) is 12.3. The molecule has 1 atom stereocenters. The number of nitrogens with two attached hydrogens (primary N) is 1. The molecule has 0 amide bonds. The van der Waals surface area contributed by atoms with Gasteiger partial charge in [0, 0.05) is 0 Å². The van der Waals surface area contributed by atoms with Gasteiger partial charge in [0.15, 0.2) is 0 Å². The molecule has 0 saturated heterocycles. The topological polar surface area (TPSA) is 39.2 Å². The highest BCUT2D eigenvalue weighted by Crippen LogP contribution is 2.21. The summed E-state index contributed by atoms with van der Waals surface area (Å²) < 4.78 is 5.50. The van der Waals surface area contributed by atoms with E-state index in [0.717, 1.165) is 24.4 Å². The van der Waals surface area contributed by atoms with Crippen LogP contribution in [0.1, 0.15) is 42.9 Å². The maximum absolute atomic E-state index is 5.89. The van der Waals surface area contributed by atoms with Crippen LogP contribution >= 0.6 is 12.4 Å². The van der Waals surface area contributed by atoms with Crippen LogP contribution in [0.15, 0.2) is 10.5 Å². The van der Waals surface area contributed by atoms with E-state index in [0.29, 0.717) is 0 Å². The maximum Gasteiger partial charge on any atom is 0.121 e. The number of halogens is 1. The number of aryl methyl sites for hydroxylation is 2. The summed E-state index contributed by atoms with van der Waals surface area (Å²) in [6.45, 7) is 6.14. The smallest absolute Gasteiger partial charge is 0.121 e. The quantitative estimate of drug-likeness (QED) is 0.820. The fourth-order valence-electron chi connectivity index (χ4n) is 1.24. The second kappa shape index (κ2) is 5.30. The average molecular weight is 204 g/mol. The molecule has 2 N–H and O–H groups in total. The average Bonchev–Trinajstić information content (AvgIpc) is 2.33. The zero-order valence-corrected chi connectivity index (χ0v) is 9.28. The van der Waals surface area contributed by atoms with E-state index in [4.69, 9.17) is 10.2 Å². The minimum atomic E-state index is 0. The van der Waals surface area contributed by atoms with Gasteiger partial charge < -0.3 is 10.2 Å². The Morgan fingerprint density at radius 3 is 2.46 bits per heavy atom. The Kier molecular flexibility index (Phi) is 5.11. The van der Waals surface area contributed by atoms with Crippen molar-refractivity contribution in [2.75, 3.05) is 0 Å². The summed E-state index contributed by atoms with van der Waals surface area (Å²) in [5, 5.41) is 0. The molecule has 2 nitrogen and oxygen atoms in total. The van der Waals surface area contributed by atoms with Gasteiger partial charge in [0.1, 0.15) is 11.5 Å². The summed E-state index contributed by atoms with van der Waals surface area (Å²) in [4.78, 5) is 0. The molecule has 13 heavy (non-hydrogen) atoms. The molecule has 0 bridgehead atoms. The first kappa shape index (κ1) is 12.5. The Balaban J connectivity index is 0.00000144. The monoisotopic (exact) mass is 203 g/mol. The summed E-state index contributed by atoms with van der Waals surface area (Å²) in [7, 11) is 0. The van der Waals surface area contributed by atoms with Crippen molar-refractivity contribution < 1.29 is 4.42 Å². The molecule has 1 heterocycles. The van der Waals surface area contributed by atoms with Gasteiger partial charge in [0.2, 0.25) is 0 Å². The van der Waals surface area contributed by atoms with Crippen LogP contribution < -0.4 is 5.73 Å². The molecule has 0 aliphatic heterocycles. The molecule has 3 heteroatoms. The van der Waals surface area contributed by atoms with Crippen LogP contribution in [-0.4, -0.2) is 0 Å². The van der Waals surface area contributed by atoms with Crippen LogP contribution in [-0.2, 0) is 0 Å². The summed E-state index contributed by atoms with van der Waals surface area (Å²) in [6, 6.07) is 2.11. The lowest BCUT2D eigenvalue weighted by atomic mass is 10.1. The Bertz CT molecular complexity index is 238. The van der Waals surface area contributed by atoms with Crippen molar-refractivity contribution in [2.24, 2.45) is 5.73 Å². The predicted molar refractivity (Wildman–Crippen MR) is 57.3 cm³/mol. The van der Waals surface area contributed by atoms with Gasteiger partial charge >= 0.3 is 0 Å². The van der Waals surface area contributed by atoms with E-state index in [-0.39, 0.29) is 18.4 Å². The lowest BCUT2D eigenvalue weighted by Crippen LogP contribution is -2.08. The first-order valence-electron chi connectivity index (χ1n) is 4.47. The van der Waals surface area contributed by atoms with Gasteiger partial charge in [-0.15, -0.1) is 12.4 Å². The molecule has 1 aromatic heterocycles. The van der Waals surface area contributed by atoms with E-state index in [1.54, 1.807) is 0 Å². The van der Waals surface area contributed by atoms with Gasteiger partial charge in [-0.2, -0.15) is 0 Å². The Hall–Kier alpha value is -0.470. The molecule has 0 saturated carbocycles. The molecule has 0 aliphatic carbocycles. The Morgan fingerprint density at radius 2 is 2.08 bits per heavy atom. The van der Waals surface area contributed by atoms with E-state index >= 15 is 0 Å². The highest BCUT2D eigenvalue weighted by Gasteiger charge is 2.10. The molecule has 0 unspecified atom stereocenters. The van der Waals surface area contributed by atoms with Crippen molar-refractivity contribution in [3.63, 3.8) is 0 Å². The number of hydrogen-bond acceptors (Lipinski definition) is 2. The van der Waals surface area contributed by atoms with Crippen molar-refractivity contribution in [2.45, 2.75) is 39.7 Å².